The Bertz CT molecular complexity index is 864. The first-order valence-corrected chi connectivity index (χ1v) is 8.60. The number of nitrogens with zero attached hydrogens (tertiary/aromatic N) is 5. The highest BCUT2D eigenvalue weighted by molar-refractivity contribution is 5.13. The van der Waals surface area contributed by atoms with Crippen LogP contribution in [0.2, 0.25) is 0 Å². The highest BCUT2D eigenvalue weighted by Crippen LogP contribution is 2.19. The number of halogens is 1. The van der Waals surface area contributed by atoms with E-state index in [4.69, 9.17) is 9.15 Å². The maximum Gasteiger partial charge on any atom is 0.250 e. The van der Waals surface area contributed by atoms with Crippen molar-refractivity contribution in [2.75, 3.05) is 6.54 Å². The van der Waals surface area contributed by atoms with E-state index in [0.29, 0.717) is 11.9 Å². The van der Waals surface area contributed by atoms with Crippen LogP contribution in [0.25, 0.3) is 0 Å². The Morgan fingerprint density at radius 2 is 2.23 bits per heavy atom. The third-order valence-corrected chi connectivity index (χ3v) is 4.64. The topological polar surface area (TPSA) is 69.2 Å². The molecule has 1 aliphatic heterocycles. The van der Waals surface area contributed by atoms with Crippen LogP contribution in [0.15, 0.2) is 41.3 Å². The smallest absolute Gasteiger partial charge is 0.250 e. The van der Waals surface area contributed by atoms with Gasteiger partial charge >= 0.3 is 0 Å². The molecule has 3 aromatic heterocycles. The second kappa shape index (κ2) is 7.25. The molecule has 0 saturated heterocycles. The molecule has 0 N–H and O–H groups in total. The monoisotopic (exact) mass is 357 g/mol. The van der Waals surface area contributed by atoms with Gasteiger partial charge in [-0.25, -0.2) is 9.37 Å². The van der Waals surface area contributed by atoms with Gasteiger partial charge in [-0.15, -0.1) is 10.2 Å². The van der Waals surface area contributed by atoms with Crippen molar-refractivity contribution < 1.29 is 13.5 Å². The van der Waals surface area contributed by atoms with Gasteiger partial charge in [-0.05, 0) is 25.1 Å². The van der Waals surface area contributed by atoms with E-state index in [0.717, 1.165) is 37.4 Å². The summed E-state index contributed by atoms with van der Waals surface area (Å²) >= 11 is 0. The quantitative estimate of drug-likeness (QED) is 0.699. The molecular formula is C18H20FN5O2. The van der Waals surface area contributed by atoms with Crippen LogP contribution in [-0.4, -0.2) is 37.2 Å². The standard InChI is InChI=1S/C18H20FN5O2/c1-13-9-16-21-22-17(12-26-18-15(19)3-2-5-20-18)24(16)7-6-23(13)10-14-4-8-25-11-14/h2-5,8,11,13H,6-7,9-10,12H2,1H3/t13-/m0/s1. The third-order valence-electron chi connectivity index (χ3n) is 4.64. The molecule has 7 nitrogen and oxygen atoms in total. The first-order valence-electron chi connectivity index (χ1n) is 8.60. The summed E-state index contributed by atoms with van der Waals surface area (Å²) in [4.78, 5) is 6.29. The van der Waals surface area contributed by atoms with E-state index in [-0.39, 0.29) is 12.5 Å². The van der Waals surface area contributed by atoms with Crippen LogP contribution in [0, 0.1) is 5.82 Å². The average Bonchev–Trinajstić information content (AvgIpc) is 3.25. The van der Waals surface area contributed by atoms with Crippen LogP contribution in [0.3, 0.4) is 0 Å². The summed E-state index contributed by atoms with van der Waals surface area (Å²) in [5.41, 5.74) is 1.16. The van der Waals surface area contributed by atoms with Gasteiger partial charge in [-0.2, -0.15) is 0 Å². The zero-order chi connectivity index (χ0) is 17.9. The lowest BCUT2D eigenvalue weighted by atomic mass is 10.2. The van der Waals surface area contributed by atoms with E-state index >= 15 is 0 Å². The van der Waals surface area contributed by atoms with E-state index in [1.807, 2.05) is 6.07 Å². The number of fused-ring (bicyclic) bond motifs is 1. The molecule has 0 radical (unpaired) electrons. The normalized spacial score (nSPS) is 17.7. The largest absolute Gasteiger partial charge is 0.472 e. The zero-order valence-electron chi connectivity index (χ0n) is 14.5. The van der Waals surface area contributed by atoms with Gasteiger partial charge < -0.3 is 13.7 Å². The first-order chi connectivity index (χ1) is 12.7. The predicted octanol–water partition coefficient (Wildman–Crippen LogP) is 2.43. The molecule has 1 aliphatic rings. The number of pyridine rings is 1. The van der Waals surface area contributed by atoms with Crippen LogP contribution in [0.4, 0.5) is 4.39 Å². The Morgan fingerprint density at radius 3 is 3.04 bits per heavy atom. The fraction of sp³-hybridized carbons (Fsp3) is 0.389. The molecule has 3 aromatic rings. The molecular weight excluding hydrogens is 337 g/mol. The Balaban J connectivity index is 1.45. The Labute approximate surface area is 150 Å². The number of hydrogen-bond donors (Lipinski definition) is 0. The summed E-state index contributed by atoms with van der Waals surface area (Å²) in [6.07, 6.45) is 5.76. The molecule has 136 valence electrons. The SMILES string of the molecule is C[C@H]1Cc2nnc(COc3ncccc3F)n2CCN1Cc1ccoc1. The number of rotatable bonds is 5. The summed E-state index contributed by atoms with van der Waals surface area (Å²) < 4.78 is 26.4. The summed E-state index contributed by atoms with van der Waals surface area (Å²) in [6.45, 7) is 4.78. The minimum absolute atomic E-state index is 0.0200. The van der Waals surface area contributed by atoms with Gasteiger partial charge in [0.2, 0.25) is 0 Å². The maximum absolute atomic E-state index is 13.7. The summed E-state index contributed by atoms with van der Waals surface area (Å²) in [7, 11) is 0. The fourth-order valence-corrected chi connectivity index (χ4v) is 3.19. The van der Waals surface area contributed by atoms with Crippen molar-refractivity contribution in [2.45, 2.75) is 39.1 Å². The van der Waals surface area contributed by atoms with Gasteiger partial charge in [0.1, 0.15) is 12.4 Å². The summed E-state index contributed by atoms with van der Waals surface area (Å²) in [5, 5.41) is 8.53. The van der Waals surface area contributed by atoms with Gasteiger partial charge in [-0.3, -0.25) is 4.90 Å². The molecule has 0 aliphatic carbocycles. The number of hydrogen-bond acceptors (Lipinski definition) is 6. The Hall–Kier alpha value is -2.74. The molecule has 0 fully saturated rings. The molecule has 26 heavy (non-hydrogen) atoms. The maximum atomic E-state index is 13.7. The van der Waals surface area contributed by atoms with E-state index < -0.39 is 5.82 Å². The molecule has 0 aromatic carbocycles. The molecule has 0 bridgehead atoms. The number of furan rings is 1. The molecule has 0 spiro atoms. The second-order valence-electron chi connectivity index (χ2n) is 6.42. The minimum Gasteiger partial charge on any atom is -0.472 e. The van der Waals surface area contributed by atoms with E-state index in [1.54, 1.807) is 12.5 Å². The molecule has 0 amide bonds. The molecule has 4 rings (SSSR count). The summed E-state index contributed by atoms with van der Waals surface area (Å²) in [5.74, 6) is 1.10. The van der Waals surface area contributed by atoms with Gasteiger partial charge in [0, 0.05) is 43.9 Å². The van der Waals surface area contributed by atoms with Crippen molar-refractivity contribution in [3.05, 3.63) is 60.0 Å². The van der Waals surface area contributed by atoms with Crippen molar-refractivity contribution in [1.29, 1.82) is 0 Å². The lowest BCUT2D eigenvalue weighted by Gasteiger charge is -2.25. The van der Waals surface area contributed by atoms with Gasteiger partial charge in [-0.1, -0.05) is 0 Å². The van der Waals surface area contributed by atoms with E-state index in [1.165, 1.54) is 18.3 Å². The Morgan fingerprint density at radius 1 is 1.31 bits per heavy atom. The highest BCUT2D eigenvalue weighted by Gasteiger charge is 2.24. The fourth-order valence-electron chi connectivity index (χ4n) is 3.19. The Kier molecular flexibility index (Phi) is 4.66. The third kappa shape index (κ3) is 3.45. The minimum atomic E-state index is -0.483. The van der Waals surface area contributed by atoms with E-state index in [2.05, 4.69) is 31.6 Å². The van der Waals surface area contributed by atoms with Crippen LogP contribution >= 0.6 is 0 Å². The molecule has 0 unspecified atom stereocenters. The van der Waals surface area contributed by atoms with Gasteiger partial charge in [0.25, 0.3) is 5.88 Å². The number of ether oxygens (including phenoxy) is 1. The average molecular weight is 357 g/mol. The predicted molar refractivity (Wildman–Crippen MR) is 90.8 cm³/mol. The van der Waals surface area contributed by atoms with Gasteiger partial charge in [0.05, 0.1) is 12.5 Å². The number of aromatic nitrogens is 4. The van der Waals surface area contributed by atoms with Crippen molar-refractivity contribution in [2.24, 2.45) is 0 Å². The van der Waals surface area contributed by atoms with Crippen LogP contribution < -0.4 is 4.74 Å². The summed E-state index contributed by atoms with van der Waals surface area (Å²) in [6, 6.07) is 5.17. The molecule has 1 atom stereocenters. The van der Waals surface area contributed by atoms with Crippen LogP contribution in [0.5, 0.6) is 5.88 Å². The molecule has 0 saturated carbocycles. The van der Waals surface area contributed by atoms with Crippen molar-refractivity contribution in [3.63, 3.8) is 0 Å². The lowest BCUT2D eigenvalue weighted by molar-refractivity contribution is 0.200. The molecule has 4 heterocycles. The second-order valence-corrected chi connectivity index (χ2v) is 6.42. The van der Waals surface area contributed by atoms with Crippen LogP contribution in [0.1, 0.15) is 24.1 Å². The lowest BCUT2D eigenvalue weighted by Crippen LogP contribution is -2.34. The van der Waals surface area contributed by atoms with E-state index in [9.17, 15) is 4.39 Å². The highest BCUT2D eigenvalue weighted by atomic mass is 19.1. The van der Waals surface area contributed by atoms with Crippen molar-refractivity contribution in [3.8, 4) is 5.88 Å². The zero-order valence-corrected chi connectivity index (χ0v) is 14.5. The van der Waals surface area contributed by atoms with Gasteiger partial charge in [0.15, 0.2) is 11.6 Å². The van der Waals surface area contributed by atoms with Crippen molar-refractivity contribution in [1.82, 2.24) is 24.6 Å². The van der Waals surface area contributed by atoms with Crippen molar-refractivity contribution >= 4 is 0 Å². The van der Waals surface area contributed by atoms with Crippen LogP contribution in [-0.2, 0) is 26.1 Å². The first kappa shape index (κ1) is 16.7. The molecule has 8 heteroatoms.